The summed E-state index contributed by atoms with van der Waals surface area (Å²) in [5, 5.41) is 8.94. The number of hydrogen-bond donors (Lipinski definition) is 1. The van der Waals surface area contributed by atoms with E-state index in [2.05, 4.69) is 15.9 Å². The Morgan fingerprint density at radius 2 is 1.80 bits per heavy atom. The molecule has 0 radical (unpaired) electrons. The minimum atomic E-state index is -1.05. The number of amides is 2. The molecule has 5 nitrogen and oxygen atoms in total. The lowest BCUT2D eigenvalue weighted by atomic mass is 9.96. The summed E-state index contributed by atoms with van der Waals surface area (Å²) in [4.78, 5) is 36.8. The second-order valence-corrected chi connectivity index (χ2v) is 6.04. The fourth-order valence-corrected chi connectivity index (χ4v) is 3.52. The number of carboxylic acid groups (broad SMARTS) is 1. The number of hydrogen-bond acceptors (Lipinski definition) is 3. The van der Waals surface area contributed by atoms with E-state index in [9.17, 15) is 14.4 Å². The molecule has 1 aromatic rings. The molecule has 2 bridgehead atoms. The summed E-state index contributed by atoms with van der Waals surface area (Å²) in [6.45, 7) is 0. The van der Waals surface area contributed by atoms with Crippen LogP contribution in [0.15, 0.2) is 22.7 Å². The monoisotopic (exact) mass is 337 g/mol. The molecule has 104 valence electrons. The van der Waals surface area contributed by atoms with Gasteiger partial charge in [0, 0.05) is 16.3 Å². The van der Waals surface area contributed by atoms with Gasteiger partial charge in [0.25, 0.3) is 0 Å². The van der Waals surface area contributed by atoms with E-state index in [4.69, 9.17) is 5.11 Å². The Hall–Kier alpha value is -1.69. The molecule has 1 heterocycles. The van der Waals surface area contributed by atoms with E-state index < -0.39 is 5.97 Å². The number of carboxylic acids is 1. The van der Waals surface area contributed by atoms with Gasteiger partial charge in [0.05, 0.1) is 11.3 Å². The van der Waals surface area contributed by atoms with E-state index in [0.29, 0.717) is 16.6 Å². The van der Waals surface area contributed by atoms with Crippen molar-refractivity contribution in [3.8, 4) is 0 Å². The Morgan fingerprint density at radius 3 is 2.30 bits per heavy atom. The lowest BCUT2D eigenvalue weighted by molar-refractivity contribution is -0.133. The lowest BCUT2D eigenvalue weighted by Crippen LogP contribution is -2.46. The maximum Gasteiger partial charge on any atom is 0.335 e. The van der Waals surface area contributed by atoms with Gasteiger partial charge in [-0.05, 0) is 53.4 Å². The van der Waals surface area contributed by atoms with Gasteiger partial charge in [-0.15, -0.1) is 0 Å². The Kier molecular flexibility index (Phi) is 3.12. The second kappa shape index (κ2) is 4.70. The number of benzene rings is 1. The molecule has 1 aliphatic heterocycles. The maximum atomic E-state index is 12.3. The van der Waals surface area contributed by atoms with Crippen LogP contribution >= 0.6 is 15.9 Å². The van der Waals surface area contributed by atoms with E-state index >= 15 is 0 Å². The summed E-state index contributed by atoms with van der Waals surface area (Å²) >= 11 is 3.26. The van der Waals surface area contributed by atoms with Crippen molar-refractivity contribution in [2.45, 2.75) is 19.3 Å². The molecule has 2 fully saturated rings. The van der Waals surface area contributed by atoms with Crippen LogP contribution in [-0.2, 0) is 9.59 Å². The van der Waals surface area contributed by atoms with Gasteiger partial charge >= 0.3 is 5.97 Å². The number of piperidine rings is 1. The Balaban J connectivity index is 2.02. The van der Waals surface area contributed by atoms with Crippen LogP contribution in [0.4, 0.5) is 5.69 Å². The molecule has 20 heavy (non-hydrogen) atoms. The summed E-state index contributed by atoms with van der Waals surface area (Å²) in [5.41, 5.74) is 0.544. The topological polar surface area (TPSA) is 74.7 Å². The number of halogens is 1. The summed E-state index contributed by atoms with van der Waals surface area (Å²) in [7, 11) is 0. The van der Waals surface area contributed by atoms with Gasteiger partial charge in [-0.25, -0.2) is 9.69 Å². The molecule has 1 N–H and O–H groups in total. The molecule has 2 atom stereocenters. The van der Waals surface area contributed by atoms with Crippen LogP contribution in [0.2, 0.25) is 0 Å². The van der Waals surface area contributed by atoms with Crippen molar-refractivity contribution < 1.29 is 19.5 Å². The SMILES string of the molecule is O=C(O)c1ccc(N2C(=O)C3CCC(C3)C2=O)c(Br)c1. The zero-order valence-corrected chi connectivity index (χ0v) is 12.1. The van der Waals surface area contributed by atoms with Crippen LogP contribution in [0.25, 0.3) is 0 Å². The van der Waals surface area contributed by atoms with Gasteiger partial charge in [-0.2, -0.15) is 0 Å². The van der Waals surface area contributed by atoms with E-state index in [1.54, 1.807) is 0 Å². The zero-order chi connectivity index (χ0) is 14.4. The van der Waals surface area contributed by atoms with Crippen LogP contribution < -0.4 is 4.90 Å². The first-order valence-electron chi connectivity index (χ1n) is 6.39. The van der Waals surface area contributed by atoms with Crippen molar-refractivity contribution >= 4 is 39.4 Å². The number of aromatic carboxylic acids is 1. The van der Waals surface area contributed by atoms with Gasteiger partial charge in [0.15, 0.2) is 0 Å². The van der Waals surface area contributed by atoms with Crippen LogP contribution in [0.1, 0.15) is 29.6 Å². The fraction of sp³-hybridized carbons (Fsp3) is 0.357. The Bertz CT molecular complexity index is 606. The molecule has 1 saturated heterocycles. The van der Waals surface area contributed by atoms with Crippen molar-refractivity contribution in [2.75, 3.05) is 4.90 Å². The number of fused-ring (bicyclic) bond motifs is 2. The predicted molar refractivity (Wildman–Crippen MR) is 74.4 cm³/mol. The molecule has 3 rings (SSSR count). The standard InChI is InChI=1S/C14H12BrNO4/c15-10-6-9(14(19)20)3-4-11(10)16-12(17)7-1-2-8(5-7)13(16)18/h3-4,6-8H,1-2,5H2,(H,19,20). The largest absolute Gasteiger partial charge is 0.478 e. The van der Waals surface area contributed by atoms with Crippen molar-refractivity contribution in [1.29, 1.82) is 0 Å². The highest BCUT2D eigenvalue weighted by atomic mass is 79.9. The Morgan fingerprint density at radius 1 is 1.20 bits per heavy atom. The normalized spacial score (nSPS) is 25.1. The molecule has 0 spiro atoms. The van der Waals surface area contributed by atoms with E-state index in [-0.39, 0.29) is 29.2 Å². The molecule has 1 aliphatic carbocycles. The first-order valence-corrected chi connectivity index (χ1v) is 7.19. The smallest absolute Gasteiger partial charge is 0.335 e. The van der Waals surface area contributed by atoms with Crippen LogP contribution in [0.3, 0.4) is 0 Å². The average Bonchev–Trinajstić information content (AvgIpc) is 2.85. The number of carbonyl (C=O) groups excluding carboxylic acids is 2. The summed E-state index contributed by atoms with van der Waals surface area (Å²) < 4.78 is 0.445. The predicted octanol–water partition coefficient (Wildman–Crippen LogP) is 2.44. The number of nitrogens with zero attached hydrogens (tertiary/aromatic N) is 1. The summed E-state index contributed by atoms with van der Waals surface area (Å²) in [6.07, 6.45) is 2.17. The third-order valence-electron chi connectivity index (χ3n) is 4.01. The summed E-state index contributed by atoms with van der Waals surface area (Å²) in [5.74, 6) is -1.55. The van der Waals surface area contributed by atoms with E-state index in [0.717, 1.165) is 12.8 Å². The number of anilines is 1. The van der Waals surface area contributed by atoms with Crippen molar-refractivity contribution in [2.24, 2.45) is 11.8 Å². The molecule has 1 aromatic carbocycles. The Labute approximate surface area is 123 Å². The van der Waals surface area contributed by atoms with E-state index in [1.165, 1.54) is 23.1 Å². The highest BCUT2D eigenvalue weighted by molar-refractivity contribution is 9.10. The van der Waals surface area contributed by atoms with Gasteiger partial charge in [0.2, 0.25) is 11.8 Å². The third kappa shape index (κ3) is 1.95. The molecule has 0 aromatic heterocycles. The summed E-state index contributed by atoms with van der Waals surface area (Å²) in [6, 6.07) is 4.32. The fourth-order valence-electron chi connectivity index (χ4n) is 2.96. The number of rotatable bonds is 2. The maximum absolute atomic E-state index is 12.3. The van der Waals surface area contributed by atoms with Gasteiger partial charge in [-0.1, -0.05) is 0 Å². The van der Waals surface area contributed by atoms with Crippen LogP contribution in [0, 0.1) is 11.8 Å². The molecule has 2 amide bonds. The second-order valence-electron chi connectivity index (χ2n) is 5.19. The highest BCUT2D eigenvalue weighted by Gasteiger charge is 2.46. The molecule has 2 unspecified atom stereocenters. The van der Waals surface area contributed by atoms with Crippen LogP contribution in [-0.4, -0.2) is 22.9 Å². The minimum absolute atomic E-state index is 0.0799. The van der Waals surface area contributed by atoms with Gasteiger partial charge in [-0.3, -0.25) is 9.59 Å². The zero-order valence-electron chi connectivity index (χ0n) is 10.5. The van der Waals surface area contributed by atoms with E-state index in [1.807, 2.05) is 0 Å². The molecular formula is C14H12BrNO4. The number of carbonyl (C=O) groups is 3. The average molecular weight is 338 g/mol. The molecule has 1 saturated carbocycles. The van der Waals surface area contributed by atoms with Crippen molar-refractivity contribution in [1.82, 2.24) is 0 Å². The molecule has 2 aliphatic rings. The lowest BCUT2D eigenvalue weighted by Gasteiger charge is -2.30. The van der Waals surface area contributed by atoms with Gasteiger partial charge in [0.1, 0.15) is 0 Å². The van der Waals surface area contributed by atoms with Crippen molar-refractivity contribution in [3.63, 3.8) is 0 Å². The number of imide groups is 1. The third-order valence-corrected chi connectivity index (χ3v) is 4.64. The molecular weight excluding hydrogens is 326 g/mol. The first-order chi connectivity index (χ1) is 9.49. The minimum Gasteiger partial charge on any atom is -0.478 e. The quantitative estimate of drug-likeness (QED) is 0.841. The van der Waals surface area contributed by atoms with Crippen molar-refractivity contribution in [3.05, 3.63) is 28.2 Å². The van der Waals surface area contributed by atoms with Crippen LogP contribution in [0.5, 0.6) is 0 Å². The molecule has 6 heteroatoms. The highest BCUT2D eigenvalue weighted by Crippen LogP contribution is 2.41. The first kappa shape index (κ1) is 13.3. The van der Waals surface area contributed by atoms with Gasteiger partial charge < -0.3 is 5.11 Å².